The normalized spacial score (nSPS) is 5.73. The fraction of sp³-hybridized carbons (Fsp3) is 0.444. The Morgan fingerprint density at radius 1 is 1.55 bits per heavy atom. The Morgan fingerprint density at radius 3 is 1.82 bits per heavy atom. The molecule has 0 radical (unpaired) electrons. The molecule has 0 aromatic heterocycles. The SMILES string of the molecule is C=C.C=CC.CCOC(C)=O. The molecule has 0 unspecified atom stereocenters. The fourth-order valence-corrected chi connectivity index (χ4v) is 0.203. The number of esters is 1. The van der Waals surface area contributed by atoms with Crippen LogP contribution in [-0.2, 0) is 9.53 Å². The monoisotopic (exact) mass is 158 g/mol. The maximum absolute atomic E-state index is 9.82. The first-order chi connectivity index (χ1) is 5.18. The highest BCUT2D eigenvalue weighted by Crippen LogP contribution is 1.69. The lowest BCUT2D eigenvalue weighted by Crippen LogP contribution is -1.95. The molecule has 0 rings (SSSR count). The van der Waals surface area contributed by atoms with Gasteiger partial charge in [-0.15, -0.1) is 19.7 Å². The van der Waals surface area contributed by atoms with Crippen LogP contribution in [0.15, 0.2) is 25.8 Å². The Hall–Kier alpha value is -1.05. The van der Waals surface area contributed by atoms with Gasteiger partial charge in [-0.3, -0.25) is 4.79 Å². The van der Waals surface area contributed by atoms with Crippen molar-refractivity contribution in [1.29, 1.82) is 0 Å². The number of rotatable bonds is 1. The van der Waals surface area contributed by atoms with E-state index in [-0.39, 0.29) is 5.97 Å². The second-order valence-corrected chi connectivity index (χ2v) is 1.33. The van der Waals surface area contributed by atoms with E-state index in [4.69, 9.17) is 0 Å². The predicted octanol–water partition coefficient (Wildman–Crippen LogP) is 2.56. The number of ether oxygens (including phenoxy) is 1. The first-order valence-corrected chi connectivity index (χ1v) is 3.39. The molecule has 0 aromatic carbocycles. The molecule has 11 heavy (non-hydrogen) atoms. The second-order valence-electron chi connectivity index (χ2n) is 1.33. The molecule has 0 aliphatic rings. The Balaban J connectivity index is -0.000000109. The third-order valence-electron chi connectivity index (χ3n) is 0.348. The molecule has 2 heteroatoms. The summed E-state index contributed by atoms with van der Waals surface area (Å²) in [5.41, 5.74) is 0. The fourth-order valence-electron chi connectivity index (χ4n) is 0.203. The largest absolute Gasteiger partial charge is 0.466 e. The van der Waals surface area contributed by atoms with Gasteiger partial charge in [-0.25, -0.2) is 0 Å². The quantitative estimate of drug-likeness (QED) is 0.433. The molecule has 0 fully saturated rings. The van der Waals surface area contributed by atoms with E-state index in [1.54, 1.807) is 13.0 Å². The second kappa shape index (κ2) is 23.1. The summed E-state index contributed by atoms with van der Waals surface area (Å²) in [4.78, 5) is 9.82. The topological polar surface area (TPSA) is 26.3 Å². The molecule has 0 heterocycles. The summed E-state index contributed by atoms with van der Waals surface area (Å²) in [5.74, 6) is -0.211. The lowest BCUT2D eigenvalue weighted by Gasteiger charge is -1.89. The zero-order valence-electron chi connectivity index (χ0n) is 7.72. The van der Waals surface area contributed by atoms with Crippen LogP contribution in [0.3, 0.4) is 0 Å². The Morgan fingerprint density at radius 2 is 1.82 bits per heavy atom. The lowest BCUT2D eigenvalue weighted by atomic mass is 10.8. The summed E-state index contributed by atoms with van der Waals surface area (Å²) >= 11 is 0. The zero-order chi connectivity index (χ0) is 9.70. The molecule has 0 N–H and O–H groups in total. The van der Waals surface area contributed by atoms with Gasteiger partial charge in [-0.1, -0.05) is 6.08 Å². The molecule has 0 aromatic rings. The van der Waals surface area contributed by atoms with Crippen molar-refractivity contribution in [3.8, 4) is 0 Å². The van der Waals surface area contributed by atoms with E-state index in [0.717, 1.165) is 0 Å². The number of carbonyl (C=O) groups is 1. The van der Waals surface area contributed by atoms with Crippen LogP contribution in [-0.4, -0.2) is 12.6 Å². The van der Waals surface area contributed by atoms with Crippen molar-refractivity contribution in [3.63, 3.8) is 0 Å². The average Bonchev–Trinajstić information content (AvgIpc) is 1.93. The van der Waals surface area contributed by atoms with E-state index in [1.807, 2.05) is 6.92 Å². The lowest BCUT2D eigenvalue weighted by molar-refractivity contribution is -0.140. The van der Waals surface area contributed by atoms with Gasteiger partial charge < -0.3 is 4.74 Å². The van der Waals surface area contributed by atoms with Crippen LogP contribution < -0.4 is 0 Å². The molecule has 0 spiro atoms. The summed E-state index contributed by atoms with van der Waals surface area (Å²) in [5, 5.41) is 0. The van der Waals surface area contributed by atoms with E-state index in [1.165, 1.54) is 6.92 Å². The first kappa shape index (κ1) is 16.5. The highest BCUT2D eigenvalue weighted by atomic mass is 16.5. The molecule has 0 saturated carbocycles. The summed E-state index contributed by atoms with van der Waals surface area (Å²) < 4.78 is 4.40. The summed E-state index contributed by atoms with van der Waals surface area (Å²) in [6, 6.07) is 0. The summed E-state index contributed by atoms with van der Waals surface area (Å²) in [6.45, 7) is 14.9. The highest BCUT2D eigenvalue weighted by molar-refractivity contribution is 5.65. The Kier molecular flexibility index (Phi) is 34.6. The molecule has 66 valence electrons. The minimum absolute atomic E-state index is 0.211. The van der Waals surface area contributed by atoms with Gasteiger partial charge in [0, 0.05) is 6.92 Å². The van der Waals surface area contributed by atoms with E-state index in [9.17, 15) is 4.79 Å². The molecule has 0 atom stereocenters. The smallest absolute Gasteiger partial charge is 0.302 e. The van der Waals surface area contributed by atoms with Gasteiger partial charge in [-0.2, -0.15) is 0 Å². The van der Waals surface area contributed by atoms with Gasteiger partial charge >= 0.3 is 5.97 Å². The first-order valence-electron chi connectivity index (χ1n) is 3.39. The van der Waals surface area contributed by atoms with Gasteiger partial charge in [0.25, 0.3) is 0 Å². The molecule has 0 bridgehead atoms. The van der Waals surface area contributed by atoms with Gasteiger partial charge in [-0.05, 0) is 13.8 Å². The molecule has 2 nitrogen and oxygen atoms in total. The van der Waals surface area contributed by atoms with Crippen LogP contribution in [0.2, 0.25) is 0 Å². The van der Waals surface area contributed by atoms with Gasteiger partial charge in [0.1, 0.15) is 0 Å². The van der Waals surface area contributed by atoms with Crippen LogP contribution in [0.5, 0.6) is 0 Å². The van der Waals surface area contributed by atoms with Crippen molar-refractivity contribution < 1.29 is 9.53 Å². The van der Waals surface area contributed by atoms with Crippen molar-refractivity contribution >= 4 is 5.97 Å². The third kappa shape index (κ3) is 114. The van der Waals surface area contributed by atoms with Crippen molar-refractivity contribution in [2.45, 2.75) is 20.8 Å². The van der Waals surface area contributed by atoms with Crippen LogP contribution in [0.4, 0.5) is 0 Å². The third-order valence-corrected chi connectivity index (χ3v) is 0.348. The summed E-state index contributed by atoms with van der Waals surface area (Å²) in [7, 11) is 0. The number of allylic oxidation sites excluding steroid dienone is 1. The standard InChI is InChI=1S/C4H8O2.C3H6.C2H4/c1-3-6-4(2)5;1-3-2;1-2/h3H2,1-2H3;3H,1H2,2H3;1-2H2. The number of hydrogen-bond acceptors (Lipinski definition) is 2. The van der Waals surface area contributed by atoms with E-state index in [2.05, 4.69) is 24.5 Å². The highest BCUT2D eigenvalue weighted by Gasteiger charge is 1.81. The van der Waals surface area contributed by atoms with Crippen molar-refractivity contribution in [2.75, 3.05) is 6.61 Å². The summed E-state index contributed by atoms with van der Waals surface area (Å²) in [6.07, 6.45) is 1.75. The van der Waals surface area contributed by atoms with Crippen LogP contribution in [0.1, 0.15) is 20.8 Å². The van der Waals surface area contributed by atoms with Gasteiger partial charge in [0.15, 0.2) is 0 Å². The van der Waals surface area contributed by atoms with E-state index in [0.29, 0.717) is 6.61 Å². The molecule has 0 saturated heterocycles. The maximum Gasteiger partial charge on any atom is 0.302 e. The van der Waals surface area contributed by atoms with E-state index < -0.39 is 0 Å². The molecule has 0 aliphatic carbocycles. The molecule has 0 amide bonds. The van der Waals surface area contributed by atoms with Crippen LogP contribution in [0.25, 0.3) is 0 Å². The van der Waals surface area contributed by atoms with Crippen LogP contribution >= 0.6 is 0 Å². The molecular formula is C9H18O2. The molecular weight excluding hydrogens is 140 g/mol. The predicted molar refractivity (Wildman–Crippen MR) is 49.4 cm³/mol. The number of hydrogen-bond donors (Lipinski definition) is 0. The van der Waals surface area contributed by atoms with Crippen molar-refractivity contribution in [1.82, 2.24) is 0 Å². The number of carbonyl (C=O) groups excluding carboxylic acids is 1. The Labute approximate surface area is 69.6 Å². The zero-order valence-corrected chi connectivity index (χ0v) is 7.72. The maximum atomic E-state index is 9.82. The van der Waals surface area contributed by atoms with Gasteiger partial charge in [0.05, 0.1) is 6.61 Å². The van der Waals surface area contributed by atoms with Crippen molar-refractivity contribution in [3.05, 3.63) is 25.8 Å². The van der Waals surface area contributed by atoms with Crippen LogP contribution in [0, 0.1) is 0 Å². The molecule has 0 aliphatic heterocycles. The van der Waals surface area contributed by atoms with Gasteiger partial charge in [0.2, 0.25) is 0 Å². The Bertz CT molecular complexity index is 87.6. The minimum Gasteiger partial charge on any atom is -0.466 e. The average molecular weight is 158 g/mol. The van der Waals surface area contributed by atoms with E-state index >= 15 is 0 Å². The minimum atomic E-state index is -0.211. The van der Waals surface area contributed by atoms with Crippen molar-refractivity contribution in [2.24, 2.45) is 0 Å².